The van der Waals surface area contributed by atoms with Crippen molar-refractivity contribution in [2.75, 3.05) is 19.6 Å². The molecule has 0 radical (unpaired) electrons. The van der Waals surface area contributed by atoms with Crippen LogP contribution >= 0.6 is 0 Å². The first-order chi connectivity index (χ1) is 12.1. The number of hydrogen-bond acceptors (Lipinski definition) is 2. The number of amides is 1. The second-order valence-electron chi connectivity index (χ2n) is 7.33. The van der Waals surface area contributed by atoms with Gasteiger partial charge in [0, 0.05) is 13.8 Å². The van der Waals surface area contributed by atoms with Gasteiger partial charge in [-0.2, -0.15) is 0 Å². The van der Waals surface area contributed by atoms with Crippen LogP contribution < -0.4 is 5.32 Å². The van der Waals surface area contributed by atoms with Crippen LogP contribution in [0.4, 0.5) is 0 Å². The minimum Gasteiger partial charge on any atom is -0.307 e. The van der Waals surface area contributed by atoms with Crippen molar-refractivity contribution in [3.05, 3.63) is 12.2 Å². The predicted octanol–water partition coefficient (Wildman–Crippen LogP) is 4.80. The zero-order chi connectivity index (χ0) is 18.5. The molecule has 2 unspecified atom stereocenters. The third-order valence-corrected chi connectivity index (χ3v) is 5.47. The Hall–Kier alpha value is -1.16. The van der Waals surface area contributed by atoms with Gasteiger partial charge in [-0.25, -0.2) is 4.99 Å². The van der Waals surface area contributed by atoms with Gasteiger partial charge in [-0.15, -0.1) is 0 Å². The van der Waals surface area contributed by atoms with E-state index >= 15 is 0 Å². The normalized spacial score (nSPS) is 21.5. The summed E-state index contributed by atoms with van der Waals surface area (Å²) in [7, 11) is 0. The molecule has 1 aliphatic rings. The van der Waals surface area contributed by atoms with Crippen molar-refractivity contribution in [2.45, 2.75) is 91.6 Å². The van der Waals surface area contributed by atoms with Gasteiger partial charge in [0.15, 0.2) is 6.17 Å². The predicted molar refractivity (Wildman–Crippen MR) is 108 cm³/mol. The molecule has 1 N–H and O–H groups in total. The lowest BCUT2D eigenvalue weighted by Crippen LogP contribution is -2.62. The van der Waals surface area contributed by atoms with Crippen molar-refractivity contribution in [1.82, 2.24) is 5.32 Å². The Balaban J connectivity index is 2.33. The lowest BCUT2D eigenvalue weighted by Gasteiger charge is -2.39. The number of allylic oxidation sites excluding steroid dienone is 1. The topological polar surface area (TPSA) is 41.5 Å². The number of hydrogen-bond donors (Lipinski definition) is 1. The summed E-state index contributed by atoms with van der Waals surface area (Å²) >= 11 is 0. The number of nitrogens with zero attached hydrogens (tertiary/aromatic N) is 2. The maximum atomic E-state index is 11.4. The van der Waals surface area contributed by atoms with Gasteiger partial charge in [-0.3, -0.25) is 9.28 Å². The summed E-state index contributed by atoms with van der Waals surface area (Å²) < 4.78 is 0.807. The number of aliphatic imine (C=N–C) groups is 1. The molecule has 1 aliphatic heterocycles. The maximum Gasteiger partial charge on any atom is 0.221 e. The molecule has 0 bridgehead atoms. The van der Waals surface area contributed by atoms with Crippen LogP contribution in [-0.2, 0) is 4.79 Å². The van der Waals surface area contributed by atoms with Crippen molar-refractivity contribution in [3.8, 4) is 0 Å². The standard InChI is InChI=1S/C21H39N3O/c1-5-7-8-9-10-11-12-13-14-15-16-21-22-17-18-24(21,6-2)19(3)23-20(4)25/h14-15,19H,5-13,16-18H2,1-4H3/p+1/b15-14+. The van der Waals surface area contributed by atoms with E-state index in [4.69, 9.17) is 4.99 Å². The summed E-state index contributed by atoms with van der Waals surface area (Å²) in [5.41, 5.74) is 0. The SMILES string of the molecule is CCCCCCCCC/C=C/CC1=NCC[N+]1(CC)C(C)NC(C)=O. The fraction of sp³-hybridized carbons (Fsp3) is 0.810. The van der Waals surface area contributed by atoms with Gasteiger partial charge in [0.1, 0.15) is 6.54 Å². The monoisotopic (exact) mass is 350 g/mol. The van der Waals surface area contributed by atoms with Crippen LogP contribution in [0.15, 0.2) is 17.1 Å². The first-order valence-electron chi connectivity index (χ1n) is 10.4. The van der Waals surface area contributed by atoms with E-state index in [9.17, 15) is 4.79 Å². The van der Waals surface area contributed by atoms with Crippen LogP contribution in [0.5, 0.6) is 0 Å². The third kappa shape index (κ3) is 7.31. The van der Waals surface area contributed by atoms with Crippen molar-refractivity contribution in [1.29, 1.82) is 0 Å². The summed E-state index contributed by atoms with van der Waals surface area (Å²) in [6.07, 6.45) is 16.3. The fourth-order valence-electron chi connectivity index (χ4n) is 3.85. The average molecular weight is 351 g/mol. The van der Waals surface area contributed by atoms with E-state index in [1.54, 1.807) is 6.92 Å². The van der Waals surface area contributed by atoms with E-state index in [0.717, 1.165) is 30.5 Å². The summed E-state index contributed by atoms with van der Waals surface area (Å²) in [5.74, 6) is 1.26. The van der Waals surface area contributed by atoms with Gasteiger partial charge in [0.2, 0.25) is 11.7 Å². The summed E-state index contributed by atoms with van der Waals surface area (Å²) in [6, 6.07) is 0. The molecule has 144 valence electrons. The zero-order valence-electron chi connectivity index (χ0n) is 17.0. The highest BCUT2D eigenvalue weighted by molar-refractivity contribution is 5.79. The molecule has 1 amide bonds. The van der Waals surface area contributed by atoms with E-state index in [1.807, 2.05) is 0 Å². The zero-order valence-corrected chi connectivity index (χ0v) is 17.0. The first kappa shape index (κ1) is 21.9. The van der Waals surface area contributed by atoms with Gasteiger partial charge >= 0.3 is 0 Å². The molecule has 0 saturated carbocycles. The second kappa shape index (κ2) is 12.2. The number of unbranched alkanes of at least 4 members (excludes halogenated alkanes) is 7. The molecule has 0 aromatic rings. The van der Waals surface area contributed by atoms with E-state index in [1.165, 1.54) is 57.2 Å². The average Bonchev–Trinajstić information content (AvgIpc) is 3.00. The van der Waals surface area contributed by atoms with Gasteiger partial charge in [0.05, 0.1) is 19.5 Å². The molecule has 0 aromatic heterocycles. The lowest BCUT2D eigenvalue weighted by molar-refractivity contribution is -0.861. The number of amidine groups is 1. The van der Waals surface area contributed by atoms with Crippen molar-refractivity contribution in [3.63, 3.8) is 0 Å². The molecule has 0 aliphatic carbocycles. The Labute approximate surface area is 155 Å². The fourth-order valence-corrected chi connectivity index (χ4v) is 3.85. The second-order valence-corrected chi connectivity index (χ2v) is 7.33. The molecule has 1 rings (SSSR count). The first-order valence-corrected chi connectivity index (χ1v) is 10.4. The van der Waals surface area contributed by atoms with Crippen molar-refractivity contribution in [2.24, 2.45) is 4.99 Å². The third-order valence-electron chi connectivity index (χ3n) is 5.47. The number of carbonyl (C=O) groups excluding carboxylic acids is 1. The molecule has 0 spiro atoms. The highest BCUT2D eigenvalue weighted by Gasteiger charge is 2.41. The Bertz CT molecular complexity index is 444. The molecule has 0 aromatic carbocycles. The molecule has 2 atom stereocenters. The number of nitrogens with one attached hydrogen (secondary N) is 1. The van der Waals surface area contributed by atoms with Crippen LogP contribution in [0.3, 0.4) is 0 Å². The Morgan fingerprint density at radius 3 is 2.48 bits per heavy atom. The lowest BCUT2D eigenvalue weighted by atomic mass is 10.1. The van der Waals surface area contributed by atoms with E-state index < -0.39 is 0 Å². The molecule has 4 heteroatoms. The summed E-state index contributed by atoms with van der Waals surface area (Å²) in [6.45, 7) is 11.0. The molecular formula is C21H40N3O+. The van der Waals surface area contributed by atoms with Crippen LogP contribution in [0, 0.1) is 0 Å². The minimum absolute atomic E-state index is 0.0409. The molecule has 25 heavy (non-hydrogen) atoms. The Morgan fingerprint density at radius 2 is 1.84 bits per heavy atom. The smallest absolute Gasteiger partial charge is 0.221 e. The van der Waals surface area contributed by atoms with E-state index in [2.05, 4.69) is 38.2 Å². The van der Waals surface area contributed by atoms with Gasteiger partial charge in [0.25, 0.3) is 0 Å². The van der Waals surface area contributed by atoms with Crippen molar-refractivity contribution < 1.29 is 9.28 Å². The Morgan fingerprint density at radius 1 is 1.16 bits per heavy atom. The molecule has 0 fully saturated rings. The van der Waals surface area contributed by atoms with Crippen LogP contribution in [0.1, 0.15) is 85.5 Å². The highest BCUT2D eigenvalue weighted by atomic mass is 16.1. The number of quaternary nitrogens is 1. The maximum absolute atomic E-state index is 11.4. The molecular weight excluding hydrogens is 310 g/mol. The summed E-state index contributed by atoms with van der Waals surface area (Å²) in [4.78, 5) is 16.2. The van der Waals surface area contributed by atoms with Gasteiger partial charge < -0.3 is 5.32 Å². The number of carbonyl (C=O) groups is 1. The largest absolute Gasteiger partial charge is 0.307 e. The van der Waals surface area contributed by atoms with Crippen molar-refractivity contribution >= 4 is 11.7 Å². The van der Waals surface area contributed by atoms with Crippen LogP contribution in [-0.4, -0.2) is 42.0 Å². The quantitative estimate of drug-likeness (QED) is 0.289. The van der Waals surface area contributed by atoms with Gasteiger partial charge in [-0.05, 0) is 19.8 Å². The summed E-state index contributed by atoms with van der Waals surface area (Å²) in [5, 5.41) is 3.07. The highest BCUT2D eigenvalue weighted by Crippen LogP contribution is 2.21. The molecule has 4 nitrogen and oxygen atoms in total. The minimum atomic E-state index is 0.0409. The van der Waals surface area contributed by atoms with E-state index in [-0.39, 0.29) is 12.1 Å². The van der Waals surface area contributed by atoms with Crippen LogP contribution in [0.25, 0.3) is 0 Å². The van der Waals surface area contributed by atoms with Gasteiger partial charge in [-0.1, -0.05) is 57.6 Å². The number of rotatable bonds is 13. The number of likely N-dealkylation sites (N-methyl/N-ethyl adjacent to an activating group) is 1. The van der Waals surface area contributed by atoms with E-state index in [0.29, 0.717) is 0 Å². The molecule has 1 heterocycles. The molecule has 0 saturated heterocycles. The van der Waals surface area contributed by atoms with Crippen LogP contribution in [0.2, 0.25) is 0 Å². The Kier molecular flexibility index (Phi) is 10.7.